The van der Waals surface area contributed by atoms with Gasteiger partial charge in [0.25, 0.3) is 0 Å². The number of hydrogen-bond donors (Lipinski definition) is 1. The van der Waals surface area contributed by atoms with Crippen molar-refractivity contribution in [3.05, 3.63) is 65.0 Å². The first kappa shape index (κ1) is 18.5. The lowest BCUT2D eigenvalue weighted by molar-refractivity contribution is 0.184. The molecule has 2 aromatic carbocycles. The highest BCUT2D eigenvalue weighted by Gasteiger charge is 2.28. The number of carbonyl (C=O) groups is 1. The normalized spacial score (nSPS) is 16.8. The molecule has 0 saturated carbocycles. The Morgan fingerprint density at radius 2 is 2.07 bits per heavy atom. The predicted molar refractivity (Wildman–Crippen MR) is 108 cm³/mol. The van der Waals surface area contributed by atoms with Crippen LogP contribution in [0, 0.1) is 6.92 Å². The van der Waals surface area contributed by atoms with E-state index in [0.717, 1.165) is 29.7 Å². The third-order valence-corrected chi connectivity index (χ3v) is 5.12. The summed E-state index contributed by atoms with van der Waals surface area (Å²) in [6.45, 7) is 3.28. The molecular formula is C21H21ClN4O2. The number of aromatic nitrogens is 2. The number of halogens is 1. The number of piperidine rings is 1. The van der Waals surface area contributed by atoms with Crippen molar-refractivity contribution in [2.75, 3.05) is 18.4 Å². The van der Waals surface area contributed by atoms with Crippen molar-refractivity contribution in [1.82, 2.24) is 15.0 Å². The van der Waals surface area contributed by atoms with Crippen LogP contribution in [0.3, 0.4) is 0 Å². The molecule has 0 spiro atoms. The van der Waals surface area contributed by atoms with Crippen molar-refractivity contribution in [2.24, 2.45) is 0 Å². The fraction of sp³-hybridized carbons (Fsp3) is 0.286. The molecule has 1 aromatic heterocycles. The van der Waals surface area contributed by atoms with E-state index in [4.69, 9.17) is 16.1 Å². The molecule has 7 heteroatoms. The summed E-state index contributed by atoms with van der Waals surface area (Å²) in [6.07, 6.45) is 1.80. The summed E-state index contributed by atoms with van der Waals surface area (Å²) < 4.78 is 5.50. The van der Waals surface area contributed by atoms with E-state index >= 15 is 0 Å². The number of anilines is 1. The highest BCUT2D eigenvalue weighted by molar-refractivity contribution is 6.30. The van der Waals surface area contributed by atoms with E-state index in [-0.39, 0.29) is 11.9 Å². The lowest BCUT2D eigenvalue weighted by atomic mass is 9.98. The lowest BCUT2D eigenvalue weighted by Gasteiger charge is -2.31. The van der Waals surface area contributed by atoms with Crippen LogP contribution in [0.15, 0.2) is 53.1 Å². The first-order valence-electron chi connectivity index (χ1n) is 9.30. The van der Waals surface area contributed by atoms with Gasteiger partial charge in [-0.25, -0.2) is 4.79 Å². The summed E-state index contributed by atoms with van der Waals surface area (Å²) in [5, 5.41) is 7.66. The van der Waals surface area contributed by atoms with E-state index < -0.39 is 0 Å². The number of urea groups is 1. The van der Waals surface area contributed by atoms with Gasteiger partial charge in [0.2, 0.25) is 11.7 Å². The summed E-state index contributed by atoms with van der Waals surface area (Å²) in [5.74, 6) is 1.10. The van der Waals surface area contributed by atoms with Crippen molar-refractivity contribution in [3.63, 3.8) is 0 Å². The van der Waals surface area contributed by atoms with Crippen molar-refractivity contribution >= 4 is 23.3 Å². The van der Waals surface area contributed by atoms with Crippen LogP contribution in [0.25, 0.3) is 11.4 Å². The molecule has 0 unspecified atom stereocenters. The van der Waals surface area contributed by atoms with Crippen molar-refractivity contribution < 1.29 is 9.32 Å². The number of nitrogens with zero attached hydrogens (tertiary/aromatic N) is 3. The predicted octanol–water partition coefficient (Wildman–Crippen LogP) is 5.11. The van der Waals surface area contributed by atoms with Crippen LogP contribution < -0.4 is 5.32 Å². The quantitative estimate of drug-likeness (QED) is 0.667. The molecule has 0 aliphatic carbocycles. The minimum absolute atomic E-state index is 0.0259. The van der Waals surface area contributed by atoms with Gasteiger partial charge < -0.3 is 14.7 Å². The molecule has 6 nitrogen and oxygen atoms in total. The van der Waals surface area contributed by atoms with E-state index in [1.807, 2.05) is 43.3 Å². The van der Waals surface area contributed by atoms with Gasteiger partial charge in [0.15, 0.2) is 0 Å². The first-order valence-corrected chi connectivity index (χ1v) is 9.68. The summed E-state index contributed by atoms with van der Waals surface area (Å²) >= 11 is 6.04. The molecule has 1 atom stereocenters. The van der Waals surface area contributed by atoms with Crippen LogP contribution in [0.5, 0.6) is 0 Å². The Morgan fingerprint density at radius 3 is 2.86 bits per heavy atom. The standard InChI is InChI=1S/C21H21ClN4O2/c1-14-7-9-18(10-8-14)23-21(27)26-11-3-5-16(13-26)20-24-19(25-28-20)15-4-2-6-17(22)12-15/h2,4,6-10,12,16H,3,5,11,13H2,1H3,(H,23,27)/t16-/m0/s1. The molecule has 0 radical (unpaired) electrons. The zero-order valence-corrected chi connectivity index (χ0v) is 16.3. The van der Waals surface area contributed by atoms with Crippen LogP contribution in [0.2, 0.25) is 5.02 Å². The molecule has 1 aliphatic heterocycles. The summed E-state index contributed by atoms with van der Waals surface area (Å²) in [5.41, 5.74) is 2.76. The summed E-state index contributed by atoms with van der Waals surface area (Å²) in [7, 11) is 0. The van der Waals surface area contributed by atoms with Crippen LogP contribution in [0.1, 0.15) is 30.2 Å². The second kappa shape index (κ2) is 8.02. The van der Waals surface area contributed by atoms with Gasteiger partial charge in [-0.1, -0.05) is 46.6 Å². The average Bonchev–Trinajstić information content (AvgIpc) is 3.20. The maximum atomic E-state index is 12.6. The molecule has 1 saturated heterocycles. The van der Waals surface area contributed by atoms with E-state index in [2.05, 4.69) is 15.5 Å². The second-order valence-corrected chi connectivity index (χ2v) is 7.48. The van der Waals surface area contributed by atoms with E-state index in [0.29, 0.717) is 29.8 Å². The Hall–Kier alpha value is -2.86. The Morgan fingerprint density at radius 1 is 1.25 bits per heavy atom. The molecule has 2 heterocycles. The van der Waals surface area contributed by atoms with Gasteiger partial charge in [-0.15, -0.1) is 0 Å². The number of rotatable bonds is 3. The molecule has 1 N–H and O–H groups in total. The molecular weight excluding hydrogens is 376 g/mol. The molecule has 1 aliphatic rings. The van der Waals surface area contributed by atoms with Gasteiger partial charge in [-0.3, -0.25) is 0 Å². The Labute approximate surface area is 168 Å². The smallest absolute Gasteiger partial charge is 0.321 e. The maximum Gasteiger partial charge on any atom is 0.321 e. The minimum atomic E-state index is -0.108. The minimum Gasteiger partial charge on any atom is -0.339 e. The molecule has 2 amide bonds. The van der Waals surface area contributed by atoms with Crippen molar-refractivity contribution in [1.29, 1.82) is 0 Å². The Kier molecular flexibility index (Phi) is 5.30. The summed E-state index contributed by atoms with van der Waals surface area (Å²) in [4.78, 5) is 19.0. The van der Waals surface area contributed by atoms with Gasteiger partial charge in [0.1, 0.15) is 0 Å². The number of amides is 2. The van der Waals surface area contributed by atoms with Crippen molar-refractivity contribution in [3.8, 4) is 11.4 Å². The SMILES string of the molecule is Cc1ccc(NC(=O)N2CCC[C@H](c3nc(-c4cccc(Cl)c4)no3)C2)cc1. The zero-order chi connectivity index (χ0) is 19.5. The maximum absolute atomic E-state index is 12.6. The van der Waals surface area contributed by atoms with Gasteiger partial charge in [0.05, 0.1) is 5.92 Å². The van der Waals surface area contributed by atoms with Gasteiger partial charge >= 0.3 is 6.03 Å². The molecule has 28 heavy (non-hydrogen) atoms. The van der Waals surface area contributed by atoms with Crippen LogP contribution in [-0.4, -0.2) is 34.2 Å². The first-order chi connectivity index (χ1) is 13.6. The number of aryl methyl sites for hydroxylation is 1. The lowest BCUT2D eigenvalue weighted by Crippen LogP contribution is -2.41. The molecule has 1 fully saturated rings. The number of carbonyl (C=O) groups excluding carboxylic acids is 1. The Balaban J connectivity index is 1.43. The second-order valence-electron chi connectivity index (χ2n) is 7.05. The van der Waals surface area contributed by atoms with Crippen LogP contribution >= 0.6 is 11.6 Å². The molecule has 3 aromatic rings. The van der Waals surface area contributed by atoms with Gasteiger partial charge in [0, 0.05) is 29.4 Å². The van der Waals surface area contributed by atoms with E-state index in [9.17, 15) is 4.79 Å². The fourth-order valence-electron chi connectivity index (χ4n) is 3.35. The summed E-state index contributed by atoms with van der Waals surface area (Å²) in [6, 6.07) is 15.0. The number of hydrogen-bond acceptors (Lipinski definition) is 4. The largest absolute Gasteiger partial charge is 0.339 e. The third-order valence-electron chi connectivity index (χ3n) is 4.89. The van der Waals surface area contributed by atoms with Crippen LogP contribution in [-0.2, 0) is 0 Å². The highest BCUT2D eigenvalue weighted by atomic mass is 35.5. The topological polar surface area (TPSA) is 71.3 Å². The molecule has 4 rings (SSSR count). The Bertz CT molecular complexity index is 971. The zero-order valence-electron chi connectivity index (χ0n) is 15.6. The van der Waals surface area contributed by atoms with Gasteiger partial charge in [-0.05, 0) is 44.0 Å². The number of likely N-dealkylation sites (tertiary alicyclic amines) is 1. The highest BCUT2D eigenvalue weighted by Crippen LogP contribution is 2.28. The third kappa shape index (κ3) is 4.17. The number of nitrogens with one attached hydrogen (secondary N) is 1. The van der Waals surface area contributed by atoms with Crippen molar-refractivity contribution in [2.45, 2.75) is 25.7 Å². The number of benzene rings is 2. The molecule has 0 bridgehead atoms. The monoisotopic (exact) mass is 396 g/mol. The average molecular weight is 397 g/mol. The van der Waals surface area contributed by atoms with E-state index in [1.165, 1.54) is 0 Å². The fourth-order valence-corrected chi connectivity index (χ4v) is 3.54. The van der Waals surface area contributed by atoms with Gasteiger partial charge in [-0.2, -0.15) is 4.98 Å². The van der Waals surface area contributed by atoms with Crippen LogP contribution in [0.4, 0.5) is 10.5 Å². The molecule has 144 valence electrons. The van der Waals surface area contributed by atoms with E-state index in [1.54, 1.807) is 17.0 Å².